The van der Waals surface area contributed by atoms with Crippen molar-refractivity contribution in [3.05, 3.63) is 60.2 Å². The molecule has 3 aromatic carbocycles. The molecule has 0 fully saturated rings. The molecule has 120 valence electrons. The molecule has 0 aliphatic rings. The van der Waals surface area contributed by atoms with Gasteiger partial charge in [-0.1, -0.05) is 49.4 Å². The Labute approximate surface area is 131 Å². The Kier molecular flexibility index (Phi) is 4.89. The van der Waals surface area contributed by atoms with Crippen LogP contribution >= 0.6 is 0 Å². The van der Waals surface area contributed by atoms with E-state index in [1.807, 2.05) is 0 Å². The fourth-order valence-electron chi connectivity index (χ4n) is 2.21. The van der Waals surface area contributed by atoms with Crippen LogP contribution in [0.15, 0.2) is 54.6 Å². The first-order valence-corrected chi connectivity index (χ1v) is 7.03. The number of benzene rings is 3. The summed E-state index contributed by atoms with van der Waals surface area (Å²) in [5.74, 6) is -2.76. The van der Waals surface area contributed by atoms with Crippen LogP contribution in [0.5, 0.6) is 0 Å². The highest BCUT2D eigenvalue weighted by Gasteiger charge is 2.38. The second-order valence-electron chi connectivity index (χ2n) is 5.04. The number of hydrogen-bond acceptors (Lipinski definition) is 1. The summed E-state index contributed by atoms with van der Waals surface area (Å²) in [5.41, 5.74) is 1.41. The van der Waals surface area contributed by atoms with E-state index in [0.29, 0.717) is 0 Å². The number of hydrogen-bond donors (Lipinski definition) is 1. The molecule has 0 radical (unpaired) electrons. The number of carboxylic acids is 1. The zero-order valence-corrected chi connectivity index (χ0v) is 12.4. The molecule has 0 saturated carbocycles. The lowest BCUT2D eigenvalue weighted by Crippen LogP contribution is -2.21. The molecule has 0 amide bonds. The molecule has 0 aliphatic carbocycles. The summed E-state index contributed by atoms with van der Waals surface area (Å²) in [6.07, 6.45) is -3.98. The minimum atomic E-state index is -5.08. The number of rotatable bonds is 1. The Bertz CT molecular complexity index is 838. The van der Waals surface area contributed by atoms with Gasteiger partial charge in [0.05, 0.1) is 0 Å². The van der Waals surface area contributed by atoms with Crippen molar-refractivity contribution in [3.63, 3.8) is 0 Å². The zero-order valence-electron chi connectivity index (χ0n) is 12.4. The van der Waals surface area contributed by atoms with Crippen LogP contribution in [0.4, 0.5) is 13.2 Å². The topological polar surface area (TPSA) is 37.3 Å². The third-order valence-electron chi connectivity index (χ3n) is 3.42. The fourth-order valence-corrected chi connectivity index (χ4v) is 2.21. The van der Waals surface area contributed by atoms with Gasteiger partial charge in [-0.05, 0) is 45.7 Å². The van der Waals surface area contributed by atoms with Crippen LogP contribution in [-0.4, -0.2) is 17.3 Å². The number of aryl methyl sites for hydroxylation is 1. The van der Waals surface area contributed by atoms with Crippen LogP contribution in [0, 0.1) is 0 Å². The molecule has 1 N–H and O–H groups in total. The van der Waals surface area contributed by atoms with Gasteiger partial charge in [0.2, 0.25) is 0 Å². The molecule has 0 aromatic heterocycles. The molecular weight excluding hydrogens is 305 g/mol. The maximum atomic E-state index is 10.6. The highest BCUT2D eigenvalue weighted by Crippen LogP contribution is 2.23. The van der Waals surface area contributed by atoms with Gasteiger partial charge in [-0.15, -0.1) is 0 Å². The molecule has 0 spiro atoms. The lowest BCUT2D eigenvalue weighted by molar-refractivity contribution is -0.192. The maximum Gasteiger partial charge on any atom is 0.490 e. The van der Waals surface area contributed by atoms with Crippen LogP contribution in [0.3, 0.4) is 0 Å². The Morgan fingerprint density at radius 1 is 0.913 bits per heavy atom. The van der Waals surface area contributed by atoms with Gasteiger partial charge in [0, 0.05) is 0 Å². The van der Waals surface area contributed by atoms with Crippen molar-refractivity contribution in [2.75, 3.05) is 0 Å². The minimum absolute atomic E-state index is 1.10. The first-order valence-electron chi connectivity index (χ1n) is 7.03. The van der Waals surface area contributed by atoms with E-state index in [9.17, 15) is 13.2 Å². The zero-order chi connectivity index (χ0) is 17.0. The van der Waals surface area contributed by atoms with E-state index in [1.165, 1.54) is 27.1 Å². The molecule has 0 heterocycles. The van der Waals surface area contributed by atoms with E-state index in [4.69, 9.17) is 9.90 Å². The summed E-state index contributed by atoms with van der Waals surface area (Å²) >= 11 is 0. The lowest BCUT2D eigenvalue weighted by atomic mass is 10.0. The largest absolute Gasteiger partial charge is 0.490 e. The van der Waals surface area contributed by atoms with Crippen LogP contribution < -0.4 is 0 Å². The molecule has 3 aromatic rings. The third kappa shape index (κ3) is 4.22. The third-order valence-corrected chi connectivity index (χ3v) is 3.42. The standard InChI is InChI=1S/C16H14.C2HF3O2/c1-2-12-7-8-15-10-13-5-3-4-6-14(13)11-16(15)9-12;3-2(4,5)1(6)7/h3-11H,2H2,1H3;(H,6,7). The summed E-state index contributed by atoms with van der Waals surface area (Å²) in [7, 11) is 0. The molecule has 0 bridgehead atoms. The summed E-state index contributed by atoms with van der Waals surface area (Å²) in [5, 5.41) is 12.4. The van der Waals surface area contributed by atoms with Crippen molar-refractivity contribution < 1.29 is 23.1 Å². The van der Waals surface area contributed by atoms with E-state index in [0.717, 1.165) is 6.42 Å². The van der Waals surface area contributed by atoms with Crippen molar-refractivity contribution in [3.8, 4) is 0 Å². The second-order valence-corrected chi connectivity index (χ2v) is 5.04. The number of halogens is 3. The van der Waals surface area contributed by atoms with Crippen molar-refractivity contribution in [1.29, 1.82) is 0 Å². The van der Waals surface area contributed by atoms with E-state index < -0.39 is 12.1 Å². The smallest absolute Gasteiger partial charge is 0.475 e. The highest BCUT2D eigenvalue weighted by molar-refractivity contribution is 5.98. The van der Waals surface area contributed by atoms with E-state index in [2.05, 4.69) is 61.5 Å². The van der Waals surface area contributed by atoms with E-state index in [-0.39, 0.29) is 0 Å². The predicted octanol–water partition coefficient (Wildman–Crippen LogP) is 5.19. The average molecular weight is 320 g/mol. The molecule has 5 heteroatoms. The van der Waals surface area contributed by atoms with Crippen molar-refractivity contribution in [2.45, 2.75) is 19.5 Å². The first-order chi connectivity index (χ1) is 10.8. The number of fused-ring (bicyclic) bond motifs is 2. The molecule has 3 rings (SSSR count). The van der Waals surface area contributed by atoms with Crippen LogP contribution in [0.2, 0.25) is 0 Å². The van der Waals surface area contributed by atoms with E-state index in [1.54, 1.807) is 0 Å². The van der Waals surface area contributed by atoms with Gasteiger partial charge in [-0.25, -0.2) is 4.79 Å². The average Bonchev–Trinajstić information content (AvgIpc) is 2.52. The minimum Gasteiger partial charge on any atom is -0.475 e. The van der Waals surface area contributed by atoms with Gasteiger partial charge < -0.3 is 5.11 Å². The summed E-state index contributed by atoms with van der Waals surface area (Å²) < 4.78 is 31.7. The number of alkyl halides is 3. The van der Waals surface area contributed by atoms with Gasteiger partial charge >= 0.3 is 12.1 Å². The van der Waals surface area contributed by atoms with Crippen LogP contribution in [-0.2, 0) is 11.2 Å². The molecular formula is C18H15F3O2. The van der Waals surface area contributed by atoms with Gasteiger partial charge in [-0.3, -0.25) is 0 Å². The number of carboxylic acid groups (broad SMARTS) is 1. The maximum absolute atomic E-state index is 10.6. The monoisotopic (exact) mass is 320 g/mol. The Morgan fingerprint density at radius 3 is 1.87 bits per heavy atom. The molecule has 0 aliphatic heterocycles. The summed E-state index contributed by atoms with van der Waals surface area (Å²) in [6.45, 7) is 2.20. The van der Waals surface area contributed by atoms with Crippen molar-refractivity contribution in [1.82, 2.24) is 0 Å². The van der Waals surface area contributed by atoms with Crippen molar-refractivity contribution in [2.24, 2.45) is 0 Å². The lowest BCUT2D eigenvalue weighted by Gasteiger charge is -2.04. The predicted molar refractivity (Wildman–Crippen MR) is 84.5 cm³/mol. The Morgan fingerprint density at radius 2 is 1.39 bits per heavy atom. The van der Waals surface area contributed by atoms with Crippen molar-refractivity contribution >= 4 is 27.5 Å². The van der Waals surface area contributed by atoms with Gasteiger partial charge in [-0.2, -0.15) is 13.2 Å². The fraction of sp³-hybridized carbons (Fsp3) is 0.167. The Balaban J connectivity index is 0.000000236. The molecule has 0 saturated heterocycles. The molecule has 0 unspecified atom stereocenters. The first kappa shape index (κ1) is 16.8. The molecule has 23 heavy (non-hydrogen) atoms. The quantitative estimate of drug-likeness (QED) is 0.627. The molecule has 2 nitrogen and oxygen atoms in total. The van der Waals surface area contributed by atoms with Crippen LogP contribution in [0.1, 0.15) is 12.5 Å². The van der Waals surface area contributed by atoms with Crippen LogP contribution in [0.25, 0.3) is 21.5 Å². The Hall–Kier alpha value is -2.56. The number of carbonyl (C=O) groups is 1. The SMILES string of the molecule is CCc1ccc2cc3ccccc3cc2c1.O=C(O)C(F)(F)F. The van der Waals surface area contributed by atoms with Gasteiger partial charge in [0.25, 0.3) is 0 Å². The van der Waals surface area contributed by atoms with Gasteiger partial charge in [0.15, 0.2) is 0 Å². The highest BCUT2D eigenvalue weighted by atomic mass is 19.4. The summed E-state index contributed by atoms with van der Waals surface area (Å²) in [6, 6.07) is 19.8. The second kappa shape index (κ2) is 6.69. The summed E-state index contributed by atoms with van der Waals surface area (Å²) in [4.78, 5) is 8.90. The number of aliphatic carboxylic acids is 1. The van der Waals surface area contributed by atoms with E-state index >= 15 is 0 Å². The normalized spacial score (nSPS) is 11.1. The molecule has 0 atom stereocenters. The van der Waals surface area contributed by atoms with Gasteiger partial charge in [0.1, 0.15) is 0 Å².